The first-order valence-electron chi connectivity index (χ1n) is 13.5. The molecule has 0 fully saturated rings. The Balaban J connectivity index is 1.66. The lowest BCUT2D eigenvalue weighted by atomic mass is 10.0. The van der Waals surface area contributed by atoms with E-state index in [-0.39, 0.29) is 30.8 Å². The largest absolute Gasteiger partial charge is 0.496 e. The number of nitrogen functional groups attached to an aromatic ring is 1. The van der Waals surface area contributed by atoms with Crippen LogP contribution in [0.3, 0.4) is 0 Å². The van der Waals surface area contributed by atoms with Crippen molar-refractivity contribution in [2.24, 2.45) is 0 Å². The Bertz CT molecular complexity index is 1680. The third-order valence-electron chi connectivity index (χ3n) is 7.50. The molecular weight excluding hydrogens is 598 g/mol. The van der Waals surface area contributed by atoms with Gasteiger partial charge in [0.2, 0.25) is 5.91 Å². The minimum atomic E-state index is -1.03. The Morgan fingerprint density at radius 3 is 2.52 bits per heavy atom. The van der Waals surface area contributed by atoms with Gasteiger partial charge in [0.25, 0.3) is 11.8 Å². The number of rotatable bonds is 7. The number of carbonyl (C=O) groups excluding carboxylic acids is 3. The standard InChI is InChI=1S/C32H32BrN5O4/c1-19(35-2)30(39)36-26-18-38(31(40)21-7-6-8-23(34)16-21)28-10-5-4-9-27(28)37(32(26)41)17-25-24-13-12-22(33)15-20(24)11-14-29(25)42-3/h4-16,19,26,35H,17-18,34H2,1-3H3,(H,36,39). The molecule has 1 aliphatic rings. The van der Waals surface area contributed by atoms with Crippen molar-refractivity contribution < 1.29 is 19.1 Å². The molecule has 0 saturated carbocycles. The van der Waals surface area contributed by atoms with E-state index in [1.165, 1.54) is 4.90 Å². The number of hydrogen-bond acceptors (Lipinski definition) is 6. The summed E-state index contributed by atoms with van der Waals surface area (Å²) in [4.78, 5) is 44.6. The van der Waals surface area contributed by atoms with Gasteiger partial charge in [-0.1, -0.05) is 46.3 Å². The second kappa shape index (κ2) is 12.2. The quantitative estimate of drug-likeness (QED) is 0.260. The topological polar surface area (TPSA) is 117 Å². The molecule has 5 rings (SSSR count). The van der Waals surface area contributed by atoms with E-state index >= 15 is 0 Å². The molecule has 0 saturated heterocycles. The normalized spacial score (nSPS) is 15.6. The predicted octanol–water partition coefficient (Wildman–Crippen LogP) is 4.48. The molecule has 0 bridgehead atoms. The summed E-state index contributed by atoms with van der Waals surface area (Å²) < 4.78 is 6.67. The van der Waals surface area contributed by atoms with Gasteiger partial charge in [-0.25, -0.2) is 0 Å². The van der Waals surface area contributed by atoms with Crippen molar-refractivity contribution in [1.29, 1.82) is 0 Å². The maximum Gasteiger partial charge on any atom is 0.258 e. The predicted molar refractivity (Wildman–Crippen MR) is 169 cm³/mol. The van der Waals surface area contributed by atoms with Crippen LogP contribution in [0.1, 0.15) is 22.8 Å². The number of hydrogen-bond donors (Lipinski definition) is 3. The molecule has 0 radical (unpaired) electrons. The van der Waals surface area contributed by atoms with E-state index in [2.05, 4.69) is 26.6 Å². The molecule has 9 nitrogen and oxygen atoms in total. The zero-order chi connectivity index (χ0) is 30.0. The number of nitrogens with one attached hydrogen (secondary N) is 2. The molecule has 216 valence electrons. The Hall–Kier alpha value is -4.41. The van der Waals surface area contributed by atoms with E-state index < -0.39 is 12.1 Å². The van der Waals surface area contributed by atoms with Crippen LogP contribution in [-0.2, 0) is 16.1 Å². The Labute approximate surface area is 252 Å². The van der Waals surface area contributed by atoms with Gasteiger partial charge in [-0.05, 0) is 73.3 Å². The van der Waals surface area contributed by atoms with Gasteiger partial charge >= 0.3 is 0 Å². The maximum absolute atomic E-state index is 14.4. The summed E-state index contributed by atoms with van der Waals surface area (Å²) in [6, 6.07) is 22.1. The SMILES string of the molecule is CNC(C)C(=O)NC1CN(C(=O)c2cccc(N)c2)c2ccccc2N(Cc2c(OC)ccc3cc(Br)ccc23)C1=O. The average Bonchev–Trinajstić information content (AvgIpc) is 3.10. The molecule has 2 atom stereocenters. The van der Waals surface area contributed by atoms with Crippen molar-refractivity contribution >= 4 is 61.5 Å². The van der Waals surface area contributed by atoms with Crippen molar-refractivity contribution in [1.82, 2.24) is 10.6 Å². The lowest BCUT2D eigenvalue weighted by Gasteiger charge is -2.27. The van der Waals surface area contributed by atoms with Crippen molar-refractivity contribution in [3.8, 4) is 5.75 Å². The van der Waals surface area contributed by atoms with E-state index in [0.717, 1.165) is 20.8 Å². The van der Waals surface area contributed by atoms with Crippen molar-refractivity contribution in [3.63, 3.8) is 0 Å². The molecule has 2 unspecified atom stereocenters. The van der Waals surface area contributed by atoms with Crippen molar-refractivity contribution in [2.75, 3.05) is 36.2 Å². The molecule has 4 N–H and O–H groups in total. The van der Waals surface area contributed by atoms with E-state index in [0.29, 0.717) is 28.4 Å². The van der Waals surface area contributed by atoms with Crippen LogP contribution in [-0.4, -0.2) is 50.5 Å². The van der Waals surface area contributed by atoms with E-state index in [9.17, 15) is 14.4 Å². The number of nitrogens with two attached hydrogens (primary N) is 1. The maximum atomic E-state index is 14.4. The van der Waals surface area contributed by atoms with E-state index in [4.69, 9.17) is 10.5 Å². The number of halogens is 1. The molecule has 42 heavy (non-hydrogen) atoms. The van der Waals surface area contributed by atoms with Crippen LogP contribution >= 0.6 is 15.9 Å². The summed E-state index contributed by atoms with van der Waals surface area (Å²) in [5, 5.41) is 7.68. The highest BCUT2D eigenvalue weighted by Crippen LogP contribution is 2.38. The molecule has 3 amide bonds. The van der Waals surface area contributed by atoms with Gasteiger partial charge in [0, 0.05) is 21.3 Å². The Morgan fingerprint density at radius 1 is 1.05 bits per heavy atom. The number of carbonyl (C=O) groups is 3. The number of anilines is 3. The van der Waals surface area contributed by atoms with E-state index in [1.54, 1.807) is 56.3 Å². The van der Waals surface area contributed by atoms with Crippen molar-refractivity contribution in [2.45, 2.75) is 25.6 Å². The second-order valence-electron chi connectivity index (χ2n) is 10.1. The lowest BCUT2D eigenvalue weighted by Crippen LogP contribution is -2.55. The first-order valence-corrected chi connectivity index (χ1v) is 14.3. The first kappa shape index (κ1) is 29.1. The number of para-hydroxylation sites is 2. The molecule has 0 aliphatic carbocycles. The van der Waals surface area contributed by atoms with Crippen LogP contribution in [0.5, 0.6) is 5.75 Å². The van der Waals surface area contributed by atoms with Crippen LogP contribution in [0.2, 0.25) is 0 Å². The number of likely N-dealkylation sites (N-methyl/N-ethyl adjacent to an activating group) is 1. The fourth-order valence-corrected chi connectivity index (χ4v) is 5.54. The van der Waals surface area contributed by atoms with Gasteiger partial charge < -0.3 is 30.9 Å². The van der Waals surface area contributed by atoms with E-state index in [1.807, 2.05) is 48.5 Å². The Kier molecular flexibility index (Phi) is 8.46. The van der Waals surface area contributed by atoms with Gasteiger partial charge in [-0.15, -0.1) is 0 Å². The highest BCUT2D eigenvalue weighted by Gasteiger charge is 2.38. The fraction of sp³-hybridized carbons (Fsp3) is 0.219. The number of methoxy groups -OCH3 is 1. The van der Waals surface area contributed by atoms with Crippen molar-refractivity contribution in [3.05, 3.63) is 94.5 Å². The van der Waals surface area contributed by atoms with Gasteiger partial charge in [0.1, 0.15) is 11.8 Å². The summed E-state index contributed by atoms with van der Waals surface area (Å²) >= 11 is 3.54. The molecule has 0 spiro atoms. The zero-order valence-corrected chi connectivity index (χ0v) is 25.1. The smallest absolute Gasteiger partial charge is 0.258 e. The molecule has 0 aromatic heterocycles. The van der Waals surface area contributed by atoms with Crippen LogP contribution in [0.4, 0.5) is 17.1 Å². The highest BCUT2D eigenvalue weighted by atomic mass is 79.9. The second-order valence-corrected chi connectivity index (χ2v) is 11.1. The third-order valence-corrected chi connectivity index (χ3v) is 7.99. The van der Waals surface area contributed by atoms with Gasteiger partial charge in [0.05, 0.1) is 37.6 Å². The minimum absolute atomic E-state index is 0.0677. The van der Waals surface area contributed by atoms with Crippen LogP contribution in [0.15, 0.2) is 83.3 Å². The number of nitrogens with zero attached hydrogens (tertiary/aromatic N) is 2. The molecule has 1 heterocycles. The fourth-order valence-electron chi connectivity index (χ4n) is 5.16. The summed E-state index contributed by atoms with van der Waals surface area (Å²) in [5.41, 5.74) is 8.69. The Morgan fingerprint density at radius 2 is 1.81 bits per heavy atom. The molecule has 4 aromatic rings. The zero-order valence-electron chi connectivity index (χ0n) is 23.6. The number of ether oxygens (including phenoxy) is 1. The molecule has 4 aromatic carbocycles. The molecule has 1 aliphatic heterocycles. The molecule has 10 heteroatoms. The summed E-state index contributed by atoms with van der Waals surface area (Å²) in [5.74, 6) is -0.418. The van der Waals surface area contributed by atoms with Crippen LogP contribution < -0.4 is 30.9 Å². The van der Waals surface area contributed by atoms with Crippen LogP contribution in [0, 0.1) is 0 Å². The summed E-state index contributed by atoms with van der Waals surface area (Å²) in [6.07, 6.45) is 0. The van der Waals surface area contributed by atoms with Gasteiger partial charge in [0.15, 0.2) is 0 Å². The monoisotopic (exact) mass is 629 g/mol. The van der Waals surface area contributed by atoms with Gasteiger partial charge in [-0.3, -0.25) is 14.4 Å². The highest BCUT2D eigenvalue weighted by molar-refractivity contribution is 9.10. The average molecular weight is 631 g/mol. The number of benzene rings is 4. The van der Waals surface area contributed by atoms with Gasteiger partial charge in [-0.2, -0.15) is 0 Å². The lowest BCUT2D eigenvalue weighted by molar-refractivity contribution is -0.128. The number of fused-ring (bicyclic) bond motifs is 2. The minimum Gasteiger partial charge on any atom is -0.496 e. The number of amides is 3. The third kappa shape index (κ3) is 5.68. The first-order chi connectivity index (χ1) is 20.2. The van der Waals surface area contributed by atoms with Crippen LogP contribution in [0.25, 0.3) is 10.8 Å². The summed E-state index contributed by atoms with van der Waals surface area (Å²) in [7, 11) is 3.26. The molecular formula is C32H32BrN5O4. The summed E-state index contributed by atoms with van der Waals surface area (Å²) in [6.45, 7) is 1.78.